The molecule has 0 spiro atoms. The van der Waals surface area contributed by atoms with Crippen molar-refractivity contribution in [1.29, 1.82) is 0 Å². The molecule has 0 unspecified atom stereocenters. The van der Waals surface area contributed by atoms with Gasteiger partial charge in [-0.3, -0.25) is 14.8 Å². The Bertz CT molecular complexity index is 865. The van der Waals surface area contributed by atoms with Gasteiger partial charge in [-0.2, -0.15) is 5.10 Å². The van der Waals surface area contributed by atoms with Crippen LogP contribution in [0.25, 0.3) is 11.3 Å². The fraction of sp³-hybridized carbons (Fsp3) is 0.188. The number of benzene rings is 1. The van der Waals surface area contributed by atoms with Crippen molar-refractivity contribution in [1.82, 2.24) is 14.8 Å². The highest BCUT2D eigenvalue weighted by Crippen LogP contribution is 2.24. The summed E-state index contributed by atoms with van der Waals surface area (Å²) < 4.78 is 1.55. The second-order valence-electron chi connectivity index (χ2n) is 5.16. The maximum Gasteiger partial charge on any atom is 0.275 e. The Morgan fingerprint density at radius 2 is 2.09 bits per heavy atom. The average molecular weight is 347 g/mol. The number of amides is 1. The van der Waals surface area contributed by atoms with Crippen molar-refractivity contribution in [3.63, 3.8) is 0 Å². The monoisotopic (exact) mass is 346 g/mol. The third kappa shape index (κ3) is 3.28. The SMILES string of the molecule is Cc1nc(NC(=O)c2cc(-c3cccc(Cl)c3)nn2C)sc1C. The Kier molecular flexibility index (Phi) is 4.19. The van der Waals surface area contributed by atoms with E-state index in [0.717, 1.165) is 16.1 Å². The van der Waals surface area contributed by atoms with Gasteiger partial charge in [-0.15, -0.1) is 11.3 Å². The maximum atomic E-state index is 12.4. The number of thiazole rings is 1. The first-order chi connectivity index (χ1) is 10.9. The van der Waals surface area contributed by atoms with E-state index in [1.807, 2.05) is 32.0 Å². The predicted molar refractivity (Wildman–Crippen MR) is 93.2 cm³/mol. The normalized spacial score (nSPS) is 10.8. The van der Waals surface area contributed by atoms with Gasteiger partial charge in [-0.25, -0.2) is 4.98 Å². The minimum absolute atomic E-state index is 0.234. The third-order valence-electron chi connectivity index (χ3n) is 3.48. The minimum Gasteiger partial charge on any atom is -0.296 e. The number of hydrogen-bond acceptors (Lipinski definition) is 4. The van der Waals surface area contributed by atoms with Crippen LogP contribution in [0.3, 0.4) is 0 Å². The highest BCUT2D eigenvalue weighted by atomic mass is 35.5. The number of rotatable bonds is 3. The van der Waals surface area contributed by atoms with Gasteiger partial charge in [0.2, 0.25) is 0 Å². The average Bonchev–Trinajstić information content (AvgIpc) is 3.02. The summed E-state index contributed by atoms with van der Waals surface area (Å²) in [5, 5.41) is 8.43. The van der Waals surface area contributed by atoms with E-state index in [2.05, 4.69) is 15.4 Å². The van der Waals surface area contributed by atoms with E-state index < -0.39 is 0 Å². The van der Waals surface area contributed by atoms with Crippen molar-refractivity contribution in [2.45, 2.75) is 13.8 Å². The van der Waals surface area contributed by atoms with Crippen molar-refractivity contribution in [2.75, 3.05) is 5.32 Å². The first-order valence-electron chi connectivity index (χ1n) is 6.99. The number of carbonyl (C=O) groups excluding carboxylic acids is 1. The molecule has 0 aliphatic carbocycles. The Hall–Kier alpha value is -2.18. The van der Waals surface area contributed by atoms with Gasteiger partial charge in [0.1, 0.15) is 5.69 Å². The lowest BCUT2D eigenvalue weighted by molar-refractivity contribution is 0.101. The molecular formula is C16H15ClN4OS. The number of aromatic nitrogens is 3. The van der Waals surface area contributed by atoms with Crippen LogP contribution in [-0.2, 0) is 7.05 Å². The van der Waals surface area contributed by atoms with E-state index in [-0.39, 0.29) is 5.91 Å². The molecule has 2 heterocycles. The molecule has 1 N–H and O–H groups in total. The largest absolute Gasteiger partial charge is 0.296 e. The molecule has 3 rings (SSSR count). The van der Waals surface area contributed by atoms with Crippen LogP contribution in [0.2, 0.25) is 5.02 Å². The fourth-order valence-electron chi connectivity index (χ4n) is 2.16. The second-order valence-corrected chi connectivity index (χ2v) is 6.80. The van der Waals surface area contributed by atoms with Gasteiger partial charge in [0.05, 0.1) is 11.4 Å². The summed E-state index contributed by atoms with van der Waals surface area (Å²) in [5.74, 6) is -0.234. The molecule has 118 valence electrons. The molecule has 0 aliphatic heterocycles. The van der Waals surface area contributed by atoms with Crippen LogP contribution in [0.5, 0.6) is 0 Å². The molecule has 7 heteroatoms. The molecule has 0 aliphatic rings. The van der Waals surface area contributed by atoms with E-state index in [1.54, 1.807) is 23.9 Å². The Balaban J connectivity index is 1.87. The molecule has 0 radical (unpaired) electrons. The van der Waals surface area contributed by atoms with Gasteiger partial charge in [-0.1, -0.05) is 23.7 Å². The molecular weight excluding hydrogens is 332 g/mol. The molecule has 0 atom stereocenters. The maximum absolute atomic E-state index is 12.4. The fourth-order valence-corrected chi connectivity index (χ4v) is 3.16. The minimum atomic E-state index is -0.234. The summed E-state index contributed by atoms with van der Waals surface area (Å²) in [4.78, 5) is 17.8. The standard InChI is InChI=1S/C16H15ClN4OS/c1-9-10(2)23-16(18-9)19-15(22)14-8-13(20-21(14)3)11-5-4-6-12(17)7-11/h4-8H,1-3H3,(H,18,19,22). The van der Waals surface area contributed by atoms with E-state index in [1.165, 1.54) is 11.3 Å². The van der Waals surface area contributed by atoms with Gasteiger partial charge in [0, 0.05) is 22.5 Å². The Morgan fingerprint density at radius 3 is 2.74 bits per heavy atom. The Labute approximate surface area is 142 Å². The molecule has 2 aromatic heterocycles. The lowest BCUT2D eigenvalue weighted by atomic mass is 10.1. The van der Waals surface area contributed by atoms with Crippen molar-refractivity contribution < 1.29 is 4.79 Å². The van der Waals surface area contributed by atoms with Gasteiger partial charge in [-0.05, 0) is 32.0 Å². The number of aryl methyl sites for hydroxylation is 3. The first-order valence-corrected chi connectivity index (χ1v) is 8.19. The smallest absolute Gasteiger partial charge is 0.275 e. The number of carbonyl (C=O) groups is 1. The van der Waals surface area contributed by atoms with Crippen LogP contribution in [0.1, 0.15) is 21.1 Å². The van der Waals surface area contributed by atoms with Crippen LogP contribution >= 0.6 is 22.9 Å². The van der Waals surface area contributed by atoms with Crippen LogP contribution in [0, 0.1) is 13.8 Å². The quantitative estimate of drug-likeness (QED) is 0.777. The molecule has 0 bridgehead atoms. The van der Waals surface area contributed by atoms with E-state index in [9.17, 15) is 4.79 Å². The zero-order valence-electron chi connectivity index (χ0n) is 12.9. The summed E-state index contributed by atoms with van der Waals surface area (Å²) in [7, 11) is 1.74. The summed E-state index contributed by atoms with van der Waals surface area (Å²) in [6.07, 6.45) is 0. The highest BCUT2D eigenvalue weighted by Gasteiger charge is 2.16. The van der Waals surface area contributed by atoms with Gasteiger partial charge >= 0.3 is 0 Å². The van der Waals surface area contributed by atoms with E-state index in [4.69, 9.17) is 11.6 Å². The zero-order chi connectivity index (χ0) is 16.6. The summed E-state index contributed by atoms with van der Waals surface area (Å²) in [6, 6.07) is 9.12. The van der Waals surface area contributed by atoms with E-state index in [0.29, 0.717) is 21.5 Å². The number of hydrogen-bond donors (Lipinski definition) is 1. The lowest BCUT2D eigenvalue weighted by Crippen LogP contribution is -2.15. The van der Waals surface area contributed by atoms with E-state index >= 15 is 0 Å². The first kappa shape index (κ1) is 15.7. The zero-order valence-corrected chi connectivity index (χ0v) is 14.5. The topological polar surface area (TPSA) is 59.8 Å². The summed E-state index contributed by atoms with van der Waals surface area (Å²) >= 11 is 7.47. The molecule has 5 nitrogen and oxygen atoms in total. The molecule has 3 aromatic rings. The molecule has 23 heavy (non-hydrogen) atoms. The van der Waals surface area contributed by atoms with Crippen LogP contribution in [0.15, 0.2) is 30.3 Å². The number of anilines is 1. The van der Waals surface area contributed by atoms with Crippen molar-refractivity contribution in [3.8, 4) is 11.3 Å². The van der Waals surface area contributed by atoms with Crippen LogP contribution in [0.4, 0.5) is 5.13 Å². The predicted octanol–water partition coefficient (Wildman–Crippen LogP) is 4.07. The highest BCUT2D eigenvalue weighted by molar-refractivity contribution is 7.15. The van der Waals surface area contributed by atoms with Gasteiger partial charge in [0.15, 0.2) is 5.13 Å². The molecule has 0 saturated heterocycles. The van der Waals surface area contributed by atoms with Crippen LogP contribution in [-0.4, -0.2) is 20.7 Å². The molecule has 0 fully saturated rings. The third-order valence-corrected chi connectivity index (χ3v) is 4.71. The lowest BCUT2D eigenvalue weighted by Gasteiger charge is -2.00. The molecule has 1 amide bonds. The van der Waals surface area contributed by atoms with Crippen molar-refractivity contribution >= 4 is 34.0 Å². The number of halogens is 1. The van der Waals surface area contributed by atoms with Crippen molar-refractivity contribution in [3.05, 3.63) is 51.6 Å². The molecule has 1 aromatic carbocycles. The Morgan fingerprint density at radius 1 is 1.30 bits per heavy atom. The number of nitrogens with zero attached hydrogens (tertiary/aromatic N) is 3. The van der Waals surface area contributed by atoms with Gasteiger partial charge < -0.3 is 0 Å². The summed E-state index contributed by atoms with van der Waals surface area (Å²) in [5.41, 5.74) is 2.96. The second kappa shape index (κ2) is 6.14. The molecule has 0 saturated carbocycles. The number of nitrogens with one attached hydrogen (secondary N) is 1. The summed E-state index contributed by atoms with van der Waals surface area (Å²) in [6.45, 7) is 3.90. The van der Waals surface area contributed by atoms with Crippen LogP contribution < -0.4 is 5.32 Å². The van der Waals surface area contributed by atoms with Gasteiger partial charge in [0.25, 0.3) is 5.91 Å². The van der Waals surface area contributed by atoms with Crippen molar-refractivity contribution in [2.24, 2.45) is 7.05 Å².